The second-order valence-electron chi connectivity index (χ2n) is 8.59. The number of rotatable bonds is 5. The van der Waals surface area contributed by atoms with E-state index in [2.05, 4.69) is 47.1 Å². The van der Waals surface area contributed by atoms with Crippen molar-refractivity contribution in [2.75, 3.05) is 31.1 Å². The largest absolute Gasteiger partial charge is 0.494 e. The minimum absolute atomic E-state index is 0.146. The average molecular weight is 394 g/mol. The summed E-state index contributed by atoms with van der Waals surface area (Å²) in [5, 5.41) is 7.66. The molecule has 0 saturated carbocycles. The molecule has 3 N–H and O–H groups in total. The number of pyridine rings is 1. The Morgan fingerprint density at radius 1 is 1.14 bits per heavy atom. The van der Waals surface area contributed by atoms with Crippen LogP contribution >= 0.6 is 0 Å². The van der Waals surface area contributed by atoms with Gasteiger partial charge in [0.15, 0.2) is 5.96 Å². The van der Waals surface area contributed by atoms with Gasteiger partial charge in [0.1, 0.15) is 5.75 Å². The first-order chi connectivity index (χ1) is 14.0. The van der Waals surface area contributed by atoms with Gasteiger partial charge >= 0.3 is 0 Å². The first-order valence-electron chi connectivity index (χ1n) is 10.5. The number of nitrogens with two attached hydrogens (primary N) is 1. The van der Waals surface area contributed by atoms with Gasteiger partial charge in [-0.25, -0.2) is 0 Å². The zero-order valence-corrected chi connectivity index (χ0v) is 17.2. The highest BCUT2D eigenvalue weighted by Gasteiger charge is 2.30. The Hall–Kier alpha value is -2.76. The smallest absolute Gasteiger partial charge is 0.188 e. The third-order valence-electron chi connectivity index (χ3n) is 6.50. The lowest BCUT2D eigenvalue weighted by molar-refractivity contribution is 0.175. The molecule has 6 heteroatoms. The van der Waals surface area contributed by atoms with Gasteiger partial charge in [-0.3, -0.25) is 10.4 Å². The monoisotopic (exact) mass is 393 g/mol. The zero-order chi connectivity index (χ0) is 20.3. The van der Waals surface area contributed by atoms with E-state index in [-0.39, 0.29) is 5.96 Å². The Kier molecular flexibility index (Phi) is 5.60. The van der Waals surface area contributed by atoms with Crippen molar-refractivity contribution in [1.29, 1.82) is 5.41 Å². The van der Waals surface area contributed by atoms with E-state index in [9.17, 15) is 0 Å². The number of nitrogens with one attached hydrogen (secondary N) is 1. The predicted molar refractivity (Wildman–Crippen MR) is 116 cm³/mol. The molecule has 29 heavy (non-hydrogen) atoms. The first kappa shape index (κ1) is 19.6. The fraction of sp³-hybridized carbons (Fsp3) is 0.478. The molecule has 1 aromatic carbocycles. The summed E-state index contributed by atoms with van der Waals surface area (Å²) in [6.07, 6.45) is 8.08. The summed E-state index contributed by atoms with van der Waals surface area (Å²) in [7, 11) is 0. The van der Waals surface area contributed by atoms with Crippen molar-refractivity contribution >= 4 is 11.6 Å². The van der Waals surface area contributed by atoms with Gasteiger partial charge in [-0.05, 0) is 66.5 Å². The maximum atomic E-state index is 7.66. The Bertz CT molecular complexity index is 846. The topological polar surface area (TPSA) is 78.5 Å². The SMILES string of the molecule is CC1(CCOc2ccc3c(c2)CN(C(=N)N)CC3)CCN(c2ccncc2)CC1. The van der Waals surface area contributed by atoms with Crippen LogP contribution in [0.1, 0.15) is 37.3 Å². The highest BCUT2D eigenvalue weighted by molar-refractivity contribution is 5.75. The van der Waals surface area contributed by atoms with Crippen LogP contribution in [0.3, 0.4) is 0 Å². The molecule has 0 unspecified atom stereocenters. The maximum absolute atomic E-state index is 7.66. The van der Waals surface area contributed by atoms with Gasteiger partial charge in [0.05, 0.1) is 6.61 Å². The lowest BCUT2D eigenvalue weighted by Crippen LogP contribution is -2.40. The summed E-state index contributed by atoms with van der Waals surface area (Å²) in [4.78, 5) is 8.47. The quantitative estimate of drug-likeness (QED) is 0.601. The van der Waals surface area contributed by atoms with E-state index in [0.717, 1.165) is 44.8 Å². The van der Waals surface area contributed by atoms with Crippen LogP contribution in [0.5, 0.6) is 5.75 Å². The van der Waals surface area contributed by atoms with Crippen molar-refractivity contribution < 1.29 is 4.74 Å². The predicted octanol–water partition coefficient (Wildman–Crippen LogP) is 3.41. The second kappa shape index (κ2) is 8.31. The number of ether oxygens (including phenoxy) is 1. The van der Waals surface area contributed by atoms with Crippen molar-refractivity contribution in [3.8, 4) is 5.75 Å². The van der Waals surface area contributed by atoms with Crippen LogP contribution in [0.25, 0.3) is 0 Å². The summed E-state index contributed by atoms with van der Waals surface area (Å²) < 4.78 is 6.12. The van der Waals surface area contributed by atoms with E-state index in [4.69, 9.17) is 15.9 Å². The molecule has 2 aromatic rings. The van der Waals surface area contributed by atoms with Gasteiger partial charge in [0.2, 0.25) is 0 Å². The first-order valence-corrected chi connectivity index (χ1v) is 10.5. The molecule has 0 bridgehead atoms. The van der Waals surface area contributed by atoms with Gasteiger partial charge in [-0.1, -0.05) is 13.0 Å². The molecule has 0 spiro atoms. The summed E-state index contributed by atoms with van der Waals surface area (Å²) in [6.45, 7) is 6.81. The molecule has 1 saturated heterocycles. The summed E-state index contributed by atoms with van der Waals surface area (Å²) in [5.74, 6) is 1.07. The van der Waals surface area contributed by atoms with Crippen molar-refractivity contribution in [2.24, 2.45) is 11.1 Å². The molecule has 2 aliphatic rings. The van der Waals surface area contributed by atoms with Gasteiger partial charge in [-0.15, -0.1) is 0 Å². The van der Waals surface area contributed by atoms with Gasteiger partial charge in [0.25, 0.3) is 0 Å². The van der Waals surface area contributed by atoms with E-state index in [1.807, 2.05) is 17.3 Å². The number of guanidine groups is 1. The fourth-order valence-corrected chi connectivity index (χ4v) is 4.35. The van der Waals surface area contributed by atoms with Gasteiger partial charge < -0.3 is 20.3 Å². The lowest BCUT2D eigenvalue weighted by atomic mass is 9.78. The van der Waals surface area contributed by atoms with Crippen LogP contribution < -0.4 is 15.4 Å². The number of hydrogen-bond donors (Lipinski definition) is 2. The third kappa shape index (κ3) is 4.63. The van der Waals surface area contributed by atoms with Crippen molar-refractivity contribution in [3.05, 3.63) is 53.9 Å². The van der Waals surface area contributed by atoms with Crippen molar-refractivity contribution in [3.63, 3.8) is 0 Å². The normalized spacial score (nSPS) is 18.2. The number of fused-ring (bicyclic) bond motifs is 1. The third-order valence-corrected chi connectivity index (χ3v) is 6.50. The Balaban J connectivity index is 1.28. The minimum Gasteiger partial charge on any atom is -0.494 e. The Labute approximate surface area is 173 Å². The van der Waals surface area contributed by atoms with Crippen LogP contribution in [0.15, 0.2) is 42.7 Å². The van der Waals surface area contributed by atoms with E-state index in [1.54, 1.807) is 0 Å². The summed E-state index contributed by atoms with van der Waals surface area (Å²) in [6, 6.07) is 10.6. The Morgan fingerprint density at radius 2 is 1.90 bits per heavy atom. The average Bonchev–Trinajstić information content (AvgIpc) is 2.74. The van der Waals surface area contributed by atoms with Gasteiger partial charge in [-0.2, -0.15) is 0 Å². The minimum atomic E-state index is 0.146. The summed E-state index contributed by atoms with van der Waals surface area (Å²) >= 11 is 0. The molecular weight excluding hydrogens is 362 g/mol. The zero-order valence-electron chi connectivity index (χ0n) is 17.2. The van der Waals surface area contributed by atoms with E-state index >= 15 is 0 Å². The van der Waals surface area contributed by atoms with Crippen LogP contribution in [0.4, 0.5) is 5.69 Å². The van der Waals surface area contributed by atoms with Crippen molar-refractivity contribution in [1.82, 2.24) is 9.88 Å². The highest BCUT2D eigenvalue weighted by atomic mass is 16.5. The number of nitrogens with zero attached hydrogens (tertiary/aromatic N) is 3. The molecule has 3 heterocycles. The second-order valence-corrected chi connectivity index (χ2v) is 8.59. The van der Waals surface area contributed by atoms with Crippen molar-refractivity contribution in [2.45, 2.75) is 39.2 Å². The molecular formula is C23H31N5O. The van der Waals surface area contributed by atoms with Crippen LogP contribution in [0.2, 0.25) is 0 Å². The lowest BCUT2D eigenvalue weighted by Gasteiger charge is -2.40. The molecule has 154 valence electrons. The Morgan fingerprint density at radius 3 is 2.62 bits per heavy atom. The molecule has 0 amide bonds. The molecule has 0 atom stereocenters. The maximum Gasteiger partial charge on any atom is 0.188 e. The van der Waals surface area contributed by atoms with E-state index in [1.165, 1.54) is 29.7 Å². The van der Waals surface area contributed by atoms with Crippen LogP contribution in [-0.4, -0.2) is 42.1 Å². The summed E-state index contributed by atoms with van der Waals surface area (Å²) in [5.41, 5.74) is 9.81. The standard InChI is InChI=1S/C23H31N5O/c1-23(7-13-27(14-8-23)20-4-10-26-11-5-20)9-15-29-21-3-2-18-6-12-28(22(24)25)17-19(18)16-21/h2-5,10-11,16H,6-9,12-15,17H2,1H3,(H3,24,25). The van der Waals surface area contributed by atoms with E-state index < -0.39 is 0 Å². The fourth-order valence-electron chi connectivity index (χ4n) is 4.35. The molecule has 0 aliphatic carbocycles. The van der Waals surface area contributed by atoms with E-state index in [0.29, 0.717) is 12.0 Å². The molecule has 0 radical (unpaired) electrons. The number of hydrogen-bond acceptors (Lipinski definition) is 4. The number of piperidine rings is 1. The molecule has 1 fully saturated rings. The molecule has 6 nitrogen and oxygen atoms in total. The highest BCUT2D eigenvalue weighted by Crippen LogP contribution is 2.36. The number of anilines is 1. The van der Waals surface area contributed by atoms with Crippen LogP contribution in [-0.2, 0) is 13.0 Å². The number of benzene rings is 1. The molecule has 4 rings (SSSR count). The van der Waals surface area contributed by atoms with Gasteiger partial charge in [0, 0.05) is 44.3 Å². The molecule has 1 aromatic heterocycles. The number of aromatic nitrogens is 1. The molecule has 2 aliphatic heterocycles. The van der Waals surface area contributed by atoms with Crippen LogP contribution in [0, 0.1) is 10.8 Å².